The molecule has 3 heterocycles. The number of imide groups is 1. The SMILES string of the molecule is Cc1ccc(Cl)cc1N1CCN(CC2=[N+](CC(C)C)C3C(=O)N(C)C(=O)N(C)C3=N2)CC1. The molecule has 1 aromatic carbocycles. The minimum absolute atomic E-state index is 0.205. The highest BCUT2D eigenvalue weighted by Gasteiger charge is 2.53. The van der Waals surface area contributed by atoms with Gasteiger partial charge in [-0.05, 0) is 35.5 Å². The number of nitrogens with zero attached hydrogens (tertiary/aromatic N) is 6. The van der Waals surface area contributed by atoms with Crippen LogP contribution < -0.4 is 4.90 Å². The molecule has 0 radical (unpaired) electrons. The first-order valence-corrected chi connectivity index (χ1v) is 11.5. The fourth-order valence-electron chi connectivity index (χ4n) is 4.65. The van der Waals surface area contributed by atoms with Crippen LogP contribution in [0.2, 0.25) is 5.02 Å². The van der Waals surface area contributed by atoms with Gasteiger partial charge in [0, 0.05) is 51.0 Å². The minimum Gasteiger partial charge on any atom is -0.369 e. The van der Waals surface area contributed by atoms with Crippen molar-refractivity contribution >= 4 is 40.9 Å². The first kappa shape index (κ1) is 22.7. The first-order valence-electron chi connectivity index (χ1n) is 11.2. The summed E-state index contributed by atoms with van der Waals surface area (Å²) >= 11 is 6.22. The summed E-state index contributed by atoms with van der Waals surface area (Å²) in [5.41, 5.74) is 2.41. The van der Waals surface area contributed by atoms with E-state index in [2.05, 4.69) is 41.2 Å². The Balaban J connectivity index is 1.52. The van der Waals surface area contributed by atoms with Crippen molar-refractivity contribution in [2.75, 3.05) is 58.3 Å². The Morgan fingerprint density at radius 2 is 1.81 bits per heavy atom. The minimum atomic E-state index is -0.518. The number of urea groups is 1. The van der Waals surface area contributed by atoms with Gasteiger partial charge in [-0.15, -0.1) is 0 Å². The number of fused-ring (bicyclic) bond motifs is 1. The number of halogens is 1. The lowest BCUT2D eigenvalue weighted by Gasteiger charge is -2.36. The van der Waals surface area contributed by atoms with Crippen molar-refractivity contribution in [3.8, 4) is 0 Å². The molecule has 4 rings (SSSR count). The summed E-state index contributed by atoms with van der Waals surface area (Å²) in [5.74, 6) is 1.57. The van der Waals surface area contributed by atoms with Crippen LogP contribution in [0.1, 0.15) is 19.4 Å². The number of benzene rings is 1. The number of hydrogen-bond donors (Lipinski definition) is 0. The van der Waals surface area contributed by atoms with Gasteiger partial charge >= 0.3 is 11.9 Å². The average Bonchev–Trinajstić information content (AvgIpc) is 3.10. The number of likely N-dealkylation sites (N-methyl/N-ethyl adjacent to an activating group) is 2. The summed E-state index contributed by atoms with van der Waals surface area (Å²) in [6, 6.07) is 5.17. The van der Waals surface area contributed by atoms with E-state index < -0.39 is 6.04 Å². The average molecular weight is 460 g/mol. The van der Waals surface area contributed by atoms with Gasteiger partial charge in [0.15, 0.2) is 0 Å². The van der Waals surface area contributed by atoms with E-state index in [-0.39, 0.29) is 11.9 Å². The lowest BCUT2D eigenvalue weighted by Crippen LogP contribution is -2.61. The molecule has 32 heavy (non-hydrogen) atoms. The molecule has 0 saturated carbocycles. The molecule has 9 heteroatoms. The largest absolute Gasteiger partial charge is 0.369 e. The Kier molecular flexibility index (Phi) is 6.27. The molecule has 0 spiro atoms. The number of aliphatic imine (C=N–C) groups is 1. The van der Waals surface area contributed by atoms with E-state index in [1.807, 2.05) is 12.1 Å². The topological polar surface area (TPSA) is 62.5 Å². The summed E-state index contributed by atoms with van der Waals surface area (Å²) in [7, 11) is 3.24. The summed E-state index contributed by atoms with van der Waals surface area (Å²) < 4.78 is 2.09. The number of rotatable bonds is 5. The van der Waals surface area contributed by atoms with Crippen LogP contribution in [0.25, 0.3) is 0 Å². The number of hydrogen-bond acceptors (Lipinski definition) is 5. The van der Waals surface area contributed by atoms with Gasteiger partial charge in [-0.1, -0.05) is 31.5 Å². The van der Waals surface area contributed by atoms with Crippen molar-refractivity contribution < 1.29 is 14.2 Å². The zero-order valence-corrected chi connectivity index (χ0v) is 20.3. The maximum absolute atomic E-state index is 13.0. The summed E-state index contributed by atoms with van der Waals surface area (Å²) in [4.78, 5) is 37.6. The molecule has 3 aliphatic heterocycles. The number of piperazine rings is 1. The van der Waals surface area contributed by atoms with E-state index in [4.69, 9.17) is 16.6 Å². The van der Waals surface area contributed by atoms with Crippen molar-refractivity contribution in [1.29, 1.82) is 0 Å². The quantitative estimate of drug-likeness (QED) is 0.633. The van der Waals surface area contributed by atoms with Gasteiger partial charge in [-0.2, -0.15) is 0 Å². The Morgan fingerprint density at radius 3 is 2.47 bits per heavy atom. The summed E-state index contributed by atoms with van der Waals surface area (Å²) in [6.45, 7) is 11.3. The van der Waals surface area contributed by atoms with E-state index in [0.29, 0.717) is 18.3 Å². The number of amides is 3. The van der Waals surface area contributed by atoms with Crippen molar-refractivity contribution in [3.63, 3.8) is 0 Å². The van der Waals surface area contributed by atoms with Crippen LogP contribution in [0.4, 0.5) is 10.5 Å². The van der Waals surface area contributed by atoms with Gasteiger partial charge in [0.1, 0.15) is 6.54 Å². The molecular weight excluding hydrogens is 428 g/mol. The Bertz CT molecular complexity index is 996. The van der Waals surface area contributed by atoms with Crippen LogP contribution in [0.5, 0.6) is 0 Å². The lowest BCUT2D eigenvalue weighted by molar-refractivity contribution is -0.542. The number of aryl methyl sites for hydroxylation is 1. The Hall–Kier alpha value is -2.45. The molecule has 1 aromatic rings. The van der Waals surface area contributed by atoms with Crippen LogP contribution in [0, 0.1) is 12.8 Å². The van der Waals surface area contributed by atoms with E-state index in [9.17, 15) is 9.59 Å². The fraction of sp³-hybridized carbons (Fsp3) is 0.565. The van der Waals surface area contributed by atoms with Gasteiger partial charge in [0.25, 0.3) is 17.8 Å². The fourth-order valence-corrected chi connectivity index (χ4v) is 4.82. The molecule has 1 unspecified atom stereocenters. The third-order valence-corrected chi connectivity index (χ3v) is 6.66. The zero-order chi connectivity index (χ0) is 23.2. The van der Waals surface area contributed by atoms with Gasteiger partial charge in [0.2, 0.25) is 0 Å². The third-order valence-electron chi connectivity index (χ3n) is 6.42. The van der Waals surface area contributed by atoms with Crippen molar-refractivity contribution in [2.24, 2.45) is 10.9 Å². The number of amidine groups is 2. The molecule has 0 bridgehead atoms. The zero-order valence-electron chi connectivity index (χ0n) is 19.5. The maximum atomic E-state index is 13.0. The molecule has 1 atom stereocenters. The first-order chi connectivity index (χ1) is 15.2. The van der Waals surface area contributed by atoms with Crippen LogP contribution in [-0.2, 0) is 4.79 Å². The van der Waals surface area contributed by atoms with E-state index in [1.165, 1.54) is 21.1 Å². The maximum Gasteiger partial charge on any atom is 0.333 e. The molecule has 0 N–H and O–H groups in total. The molecule has 8 nitrogen and oxygen atoms in total. The molecule has 3 aliphatic rings. The van der Waals surface area contributed by atoms with Gasteiger partial charge < -0.3 is 4.90 Å². The van der Waals surface area contributed by atoms with Gasteiger partial charge in [-0.25, -0.2) is 9.37 Å². The van der Waals surface area contributed by atoms with Crippen LogP contribution in [-0.4, -0.2) is 102 Å². The molecule has 0 aliphatic carbocycles. The van der Waals surface area contributed by atoms with Crippen LogP contribution >= 0.6 is 11.6 Å². The predicted molar refractivity (Wildman–Crippen MR) is 127 cm³/mol. The molecule has 2 fully saturated rings. The Labute approximate surface area is 194 Å². The predicted octanol–water partition coefficient (Wildman–Crippen LogP) is 2.14. The Morgan fingerprint density at radius 1 is 1.12 bits per heavy atom. The standard InChI is InChI=1S/C23H32ClN6O2/c1-15(2)13-30-19(25-21-20(30)22(31)27(5)23(32)26(21)4)14-28-8-10-29(11-9-28)18-12-17(24)7-6-16(18)3/h6-7,12,15,20H,8-11,13-14H2,1-5H3/q+1. The highest BCUT2D eigenvalue weighted by molar-refractivity contribution is 6.30. The summed E-state index contributed by atoms with van der Waals surface area (Å²) in [5, 5.41) is 0.755. The van der Waals surface area contributed by atoms with E-state index >= 15 is 0 Å². The van der Waals surface area contributed by atoms with E-state index in [0.717, 1.165) is 43.6 Å². The van der Waals surface area contributed by atoms with Crippen molar-refractivity contribution in [2.45, 2.75) is 26.8 Å². The number of anilines is 1. The normalized spacial score (nSPS) is 22.3. The van der Waals surface area contributed by atoms with Gasteiger partial charge in [0.05, 0.1) is 6.54 Å². The van der Waals surface area contributed by atoms with Crippen LogP contribution in [0.3, 0.4) is 0 Å². The highest BCUT2D eigenvalue weighted by atomic mass is 35.5. The second kappa shape index (κ2) is 8.83. The second-order valence-corrected chi connectivity index (χ2v) is 9.70. The highest BCUT2D eigenvalue weighted by Crippen LogP contribution is 2.26. The van der Waals surface area contributed by atoms with Gasteiger partial charge in [-0.3, -0.25) is 19.5 Å². The number of carbonyl (C=O) groups is 2. The third kappa shape index (κ3) is 4.13. The molecule has 0 aromatic heterocycles. The number of carbonyl (C=O) groups excluding carboxylic acids is 2. The molecule has 2 saturated heterocycles. The van der Waals surface area contributed by atoms with Crippen LogP contribution in [0.15, 0.2) is 23.2 Å². The van der Waals surface area contributed by atoms with Crippen molar-refractivity contribution in [3.05, 3.63) is 28.8 Å². The lowest BCUT2D eigenvalue weighted by atomic mass is 10.1. The molecular formula is C23H32ClN6O2+. The smallest absolute Gasteiger partial charge is 0.333 e. The van der Waals surface area contributed by atoms with E-state index in [1.54, 1.807) is 14.1 Å². The molecule has 3 amide bonds. The monoisotopic (exact) mass is 459 g/mol. The van der Waals surface area contributed by atoms with Crippen molar-refractivity contribution in [1.82, 2.24) is 14.7 Å². The molecule has 172 valence electrons. The summed E-state index contributed by atoms with van der Waals surface area (Å²) in [6.07, 6.45) is 0. The second-order valence-electron chi connectivity index (χ2n) is 9.27.